The van der Waals surface area contributed by atoms with E-state index in [1.807, 2.05) is 20.8 Å². The smallest absolute Gasteiger partial charge is 0.362 e. The van der Waals surface area contributed by atoms with E-state index >= 15 is 0 Å². The van der Waals surface area contributed by atoms with Gasteiger partial charge in [0, 0.05) is 12.6 Å². The lowest BCUT2D eigenvalue weighted by atomic mass is 10.1. The number of amides is 1. The molecule has 0 saturated carbocycles. The van der Waals surface area contributed by atoms with Crippen molar-refractivity contribution in [1.29, 1.82) is 0 Å². The van der Waals surface area contributed by atoms with Gasteiger partial charge in [-0.05, 0) is 32.9 Å². The fourth-order valence-electron chi connectivity index (χ4n) is 2.64. The van der Waals surface area contributed by atoms with Crippen LogP contribution in [0.5, 0.6) is 0 Å². The summed E-state index contributed by atoms with van der Waals surface area (Å²) in [5.74, 6) is -0.304. The molecule has 0 aliphatic carbocycles. The Hall–Kier alpha value is -2.17. The van der Waals surface area contributed by atoms with Crippen LogP contribution in [-0.2, 0) is 17.1 Å². The number of halogens is 6. The molecule has 0 aromatic heterocycles. The van der Waals surface area contributed by atoms with E-state index in [1.165, 1.54) is 11.9 Å². The lowest BCUT2D eigenvalue weighted by molar-refractivity contribution is -0.142. The van der Waals surface area contributed by atoms with Crippen molar-refractivity contribution in [2.45, 2.75) is 44.8 Å². The van der Waals surface area contributed by atoms with Crippen LogP contribution < -0.4 is 16.0 Å². The van der Waals surface area contributed by atoms with Crippen LogP contribution in [0, 0.1) is 0 Å². The minimum Gasteiger partial charge on any atom is -0.362 e. The molecule has 3 N–H and O–H groups in total. The summed E-state index contributed by atoms with van der Waals surface area (Å²) in [7, 11) is 1.46. The molecule has 0 spiro atoms. The number of benzene rings is 1. The Morgan fingerprint density at radius 2 is 1.68 bits per heavy atom. The second kappa shape index (κ2) is 7.34. The first-order chi connectivity index (χ1) is 12.6. The highest BCUT2D eigenvalue weighted by Gasteiger charge is 2.42. The lowest BCUT2D eigenvalue weighted by Gasteiger charge is -2.25. The van der Waals surface area contributed by atoms with Gasteiger partial charge >= 0.3 is 12.4 Å². The molecule has 1 aromatic carbocycles. The average molecular weight is 412 g/mol. The molecule has 1 aromatic rings. The highest BCUT2D eigenvalue weighted by Crippen LogP contribution is 2.45. The number of rotatable bonds is 4. The first-order valence-electron chi connectivity index (χ1n) is 8.42. The minimum atomic E-state index is -4.97. The van der Waals surface area contributed by atoms with Crippen LogP contribution in [0.25, 0.3) is 0 Å². The van der Waals surface area contributed by atoms with Crippen LogP contribution in [0.1, 0.15) is 31.9 Å². The molecular weight excluding hydrogens is 390 g/mol. The van der Waals surface area contributed by atoms with E-state index in [-0.39, 0.29) is 36.3 Å². The predicted octanol–water partition coefficient (Wildman–Crippen LogP) is 3.73. The van der Waals surface area contributed by atoms with Gasteiger partial charge < -0.3 is 20.9 Å². The number of alkyl halides is 6. The number of fused-ring (bicyclic) bond motifs is 1. The van der Waals surface area contributed by atoms with Crippen LogP contribution in [0.15, 0.2) is 12.1 Å². The van der Waals surface area contributed by atoms with Crippen molar-refractivity contribution in [1.82, 2.24) is 10.2 Å². The number of carbonyl (C=O) groups excluding carboxylic acids is 1. The Balaban J connectivity index is 2.16. The van der Waals surface area contributed by atoms with Gasteiger partial charge in [0.15, 0.2) is 0 Å². The van der Waals surface area contributed by atoms with Gasteiger partial charge in [-0.15, -0.1) is 0 Å². The van der Waals surface area contributed by atoms with Crippen molar-refractivity contribution in [2.75, 3.05) is 30.8 Å². The molecule has 0 bridgehead atoms. The van der Waals surface area contributed by atoms with Crippen molar-refractivity contribution in [3.8, 4) is 0 Å². The molecule has 1 atom stereocenters. The topological polar surface area (TPSA) is 56.4 Å². The number of nitrogens with one attached hydrogen (secondary N) is 3. The molecule has 28 heavy (non-hydrogen) atoms. The van der Waals surface area contributed by atoms with Crippen LogP contribution in [-0.4, -0.2) is 42.6 Å². The normalized spacial score (nSPS) is 17.0. The molecule has 0 saturated heterocycles. The largest absolute Gasteiger partial charge is 0.418 e. The molecule has 11 heteroatoms. The molecule has 1 aliphatic rings. The Bertz CT molecular complexity index is 739. The maximum Gasteiger partial charge on any atom is 0.418 e. The van der Waals surface area contributed by atoms with Gasteiger partial charge in [-0.3, -0.25) is 4.79 Å². The summed E-state index contributed by atoms with van der Waals surface area (Å²) in [6, 6.07) is 0.707. The molecule has 1 aliphatic heterocycles. The van der Waals surface area contributed by atoms with Crippen molar-refractivity contribution in [3.05, 3.63) is 23.3 Å². The van der Waals surface area contributed by atoms with Crippen LogP contribution in [0.2, 0.25) is 0 Å². The van der Waals surface area contributed by atoms with Gasteiger partial charge in [-0.2, -0.15) is 26.3 Å². The number of carbonyl (C=O) groups is 1. The third kappa shape index (κ3) is 5.43. The standard InChI is InChI=1S/C17H22F6N4O/c1-15(2,3)24-7-13(28)27(4)8-12-25-11-6-9(16(18,19)20)5-10(14(11)26-12)17(21,22)23/h5-6,12,24-26H,7-8H2,1-4H3. The first-order valence-corrected chi connectivity index (χ1v) is 8.42. The maximum atomic E-state index is 13.2. The molecule has 0 radical (unpaired) electrons. The van der Waals surface area contributed by atoms with E-state index in [0.29, 0.717) is 6.07 Å². The molecule has 5 nitrogen and oxygen atoms in total. The zero-order valence-electron chi connectivity index (χ0n) is 15.8. The predicted molar refractivity (Wildman–Crippen MR) is 92.9 cm³/mol. The third-order valence-electron chi connectivity index (χ3n) is 4.07. The molecule has 158 valence electrons. The number of nitrogens with zero attached hydrogens (tertiary/aromatic N) is 1. The van der Waals surface area contributed by atoms with E-state index in [1.54, 1.807) is 0 Å². The van der Waals surface area contributed by atoms with E-state index in [9.17, 15) is 31.1 Å². The van der Waals surface area contributed by atoms with E-state index in [4.69, 9.17) is 0 Å². The molecular formula is C17H22F6N4O. The minimum absolute atomic E-state index is 0.0195. The molecule has 0 fully saturated rings. The van der Waals surface area contributed by atoms with Gasteiger partial charge in [0.25, 0.3) is 0 Å². The summed E-state index contributed by atoms with van der Waals surface area (Å²) in [5, 5.41) is 8.12. The fourth-order valence-corrected chi connectivity index (χ4v) is 2.64. The van der Waals surface area contributed by atoms with Gasteiger partial charge in [0.2, 0.25) is 5.91 Å². The molecule has 1 unspecified atom stereocenters. The average Bonchev–Trinajstić information content (AvgIpc) is 2.90. The van der Waals surface area contributed by atoms with E-state index < -0.39 is 35.3 Å². The Morgan fingerprint density at radius 1 is 1.07 bits per heavy atom. The Morgan fingerprint density at radius 3 is 2.18 bits per heavy atom. The SMILES string of the molecule is CN(CC1Nc2cc(C(F)(F)F)cc(C(F)(F)F)c2N1)C(=O)CNC(C)(C)C. The van der Waals surface area contributed by atoms with Gasteiger partial charge in [0.05, 0.1) is 35.6 Å². The Labute approximate surface area is 158 Å². The van der Waals surface area contributed by atoms with Crippen molar-refractivity contribution < 1.29 is 31.1 Å². The van der Waals surface area contributed by atoms with Gasteiger partial charge in [-0.1, -0.05) is 0 Å². The van der Waals surface area contributed by atoms with E-state index in [2.05, 4.69) is 16.0 Å². The van der Waals surface area contributed by atoms with Gasteiger partial charge in [0.1, 0.15) is 6.17 Å². The Kier molecular flexibility index (Phi) is 5.80. The number of hydrogen-bond acceptors (Lipinski definition) is 4. The molecule has 1 heterocycles. The van der Waals surface area contributed by atoms with Crippen molar-refractivity contribution >= 4 is 17.3 Å². The van der Waals surface area contributed by atoms with Crippen LogP contribution >= 0.6 is 0 Å². The van der Waals surface area contributed by atoms with Crippen molar-refractivity contribution in [3.63, 3.8) is 0 Å². The summed E-state index contributed by atoms with van der Waals surface area (Å²) in [5.41, 5.74) is -3.87. The molecule has 2 rings (SSSR count). The fraction of sp³-hybridized carbons (Fsp3) is 0.588. The highest BCUT2D eigenvalue weighted by atomic mass is 19.4. The monoisotopic (exact) mass is 412 g/mol. The zero-order valence-corrected chi connectivity index (χ0v) is 15.8. The second-order valence-electron chi connectivity index (χ2n) is 7.66. The second-order valence-corrected chi connectivity index (χ2v) is 7.66. The number of likely N-dealkylation sites (N-methyl/N-ethyl adjacent to an activating group) is 1. The number of anilines is 2. The summed E-state index contributed by atoms with van der Waals surface area (Å²) in [6.45, 7) is 5.58. The number of hydrogen-bond donors (Lipinski definition) is 3. The van der Waals surface area contributed by atoms with Crippen LogP contribution in [0.3, 0.4) is 0 Å². The quantitative estimate of drug-likeness (QED) is 0.660. The van der Waals surface area contributed by atoms with E-state index in [0.717, 1.165) is 0 Å². The van der Waals surface area contributed by atoms with Crippen LogP contribution in [0.4, 0.5) is 37.7 Å². The summed E-state index contributed by atoms with van der Waals surface area (Å²) in [4.78, 5) is 13.4. The summed E-state index contributed by atoms with van der Waals surface area (Å²) < 4.78 is 78.5. The summed E-state index contributed by atoms with van der Waals surface area (Å²) >= 11 is 0. The third-order valence-corrected chi connectivity index (χ3v) is 4.07. The van der Waals surface area contributed by atoms with Crippen molar-refractivity contribution in [2.24, 2.45) is 0 Å². The first kappa shape index (κ1) is 22.1. The molecule has 1 amide bonds. The van der Waals surface area contributed by atoms with Gasteiger partial charge in [-0.25, -0.2) is 0 Å². The lowest BCUT2D eigenvalue weighted by Crippen LogP contribution is -2.46. The summed E-state index contributed by atoms with van der Waals surface area (Å²) in [6.07, 6.45) is -10.7. The highest BCUT2D eigenvalue weighted by molar-refractivity contribution is 5.81. The maximum absolute atomic E-state index is 13.2. The zero-order chi connectivity index (χ0) is 21.5.